The monoisotopic (exact) mass is 252 g/mol. The molecule has 1 saturated heterocycles. The zero-order chi connectivity index (χ0) is 13.2. The molecule has 0 aromatic rings. The van der Waals surface area contributed by atoms with E-state index in [1.165, 1.54) is 58.0 Å². The predicted molar refractivity (Wildman–Crippen MR) is 79.0 cm³/mol. The van der Waals surface area contributed by atoms with Gasteiger partial charge in [-0.05, 0) is 39.5 Å². The highest BCUT2D eigenvalue weighted by Gasteiger charge is 2.44. The summed E-state index contributed by atoms with van der Waals surface area (Å²) in [5, 5.41) is 3.78. The third-order valence-corrected chi connectivity index (χ3v) is 5.40. The quantitative estimate of drug-likeness (QED) is 0.826. The van der Waals surface area contributed by atoms with Gasteiger partial charge in [0.15, 0.2) is 0 Å². The van der Waals surface area contributed by atoms with E-state index in [1.807, 2.05) is 0 Å². The highest BCUT2D eigenvalue weighted by molar-refractivity contribution is 5.03. The smallest absolute Gasteiger partial charge is 0.0332 e. The van der Waals surface area contributed by atoms with Crippen LogP contribution in [0.25, 0.3) is 0 Å². The van der Waals surface area contributed by atoms with Gasteiger partial charge in [0.25, 0.3) is 0 Å². The van der Waals surface area contributed by atoms with Crippen molar-refractivity contribution in [2.45, 2.75) is 89.8 Å². The van der Waals surface area contributed by atoms with Gasteiger partial charge in [0.1, 0.15) is 0 Å². The summed E-state index contributed by atoms with van der Waals surface area (Å²) in [7, 11) is 0. The van der Waals surface area contributed by atoms with Crippen molar-refractivity contribution in [1.29, 1.82) is 0 Å². The molecule has 0 aromatic carbocycles. The van der Waals surface area contributed by atoms with E-state index in [4.69, 9.17) is 0 Å². The zero-order valence-electron chi connectivity index (χ0n) is 12.9. The van der Waals surface area contributed by atoms with Crippen LogP contribution in [0.15, 0.2) is 0 Å². The fraction of sp³-hybridized carbons (Fsp3) is 1.00. The fourth-order valence-corrected chi connectivity index (χ4v) is 3.97. The van der Waals surface area contributed by atoms with Gasteiger partial charge < -0.3 is 5.32 Å². The van der Waals surface area contributed by atoms with Crippen LogP contribution < -0.4 is 5.32 Å². The Morgan fingerprint density at radius 2 is 1.67 bits per heavy atom. The van der Waals surface area contributed by atoms with Crippen LogP contribution in [0.2, 0.25) is 0 Å². The average Bonchev–Trinajstić information content (AvgIpc) is 2.40. The number of rotatable bonds is 3. The summed E-state index contributed by atoms with van der Waals surface area (Å²) in [5.74, 6) is 0. The minimum Gasteiger partial charge on any atom is -0.309 e. The molecular formula is C16H32N2. The molecule has 1 aliphatic heterocycles. The summed E-state index contributed by atoms with van der Waals surface area (Å²) >= 11 is 0. The van der Waals surface area contributed by atoms with Gasteiger partial charge in [-0.3, -0.25) is 4.90 Å². The van der Waals surface area contributed by atoms with Crippen LogP contribution in [0.5, 0.6) is 0 Å². The molecule has 0 unspecified atom stereocenters. The molecule has 2 aliphatic rings. The van der Waals surface area contributed by atoms with Gasteiger partial charge in [-0.2, -0.15) is 0 Å². The first-order valence-corrected chi connectivity index (χ1v) is 8.05. The zero-order valence-corrected chi connectivity index (χ0v) is 12.9. The molecule has 18 heavy (non-hydrogen) atoms. The average molecular weight is 252 g/mol. The molecule has 1 aliphatic carbocycles. The second-order valence-electron chi connectivity index (χ2n) is 7.09. The highest BCUT2D eigenvalue weighted by Crippen LogP contribution is 2.36. The third kappa shape index (κ3) is 2.75. The van der Waals surface area contributed by atoms with Gasteiger partial charge in [0.05, 0.1) is 0 Å². The lowest BCUT2D eigenvalue weighted by molar-refractivity contribution is -0.0344. The minimum atomic E-state index is 0.283. The number of piperazine rings is 1. The van der Waals surface area contributed by atoms with E-state index in [0.717, 1.165) is 6.04 Å². The van der Waals surface area contributed by atoms with Gasteiger partial charge in [0, 0.05) is 30.2 Å². The molecule has 0 radical (unpaired) electrons. The van der Waals surface area contributed by atoms with Crippen LogP contribution in [0.1, 0.15) is 72.6 Å². The van der Waals surface area contributed by atoms with Crippen molar-refractivity contribution >= 4 is 0 Å². The summed E-state index contributed by atoms with van der Waals surface area (Å²) in [5.41, 5.74) is 0.697. The largest absolute Gasteiger partial charge is 0.309 e. The van der Waals surface area contributed by atoms with Crippen LogP contribution >= 0.6 is 0 Å². The van der Waals surface area contributed by atoms with Gasteiger partial charge in [0.2, 0.25) is 0 Å². The Hall–Kier alpha value is -0.0800. The van der Waals surface area contributed by atoms with E-state index < -0.39 is 0 Å². The molecule has 0 aromatic heterocycles. The molecule has 2 fully saturated rings. The van der Waals surface area contributed by atoms with E-state index in [2.05, 4.69) is 37.9 Å². The molecule has 1 N–H and O–H groups in total. The minimum absolute atomic E-state index is 0.283. The Kier molecular flexibility index (Phi) is 4.38. The van der Waals surface area contributed by atoms with Crippen molar-refractivity contribution in [3.8, 4) is 0 Å². The Labute approximate surface area is 114 Å². The first kappa shape index (κ1) is 14.3. The summed E-state index contributed by atoms with van der Waals surface area (Å²) in [6.45, 7) is 11.9. The first-order valence-electron chi connectivity index (χ1n) is 8.05. The standard InChI is InChI=1S/C16H32N2/c1-5-16(6-2)12-17-15(3,4)13-18(16)14-10-8-7-9-11-14/h14,17H,5-13H2,1-4H3. The maximum Gasteiger partial charge on any atom is 0.0332 e. The molecule has 2 rings (SSSR count). The molecule has 106 valence electrons. The van der Waals surface area contributed by atoms with Crippen molar-refractivity contribution in [3.05, 3.63) is 0 Å². The summed E-state index contributed by atoms with van der Waals surface area (Å²) in [4.78, 5) is 2.89. The lowest BCUT2D eigenvalue weighted by Gasteiger charge is -2.56. The summed E-state index contributed by atoms with van der Waals surface area (Å²) < 4.78 is 0. The molecule has 1 heterocycles. The Morgan fingerprint density at radius 3 is 2.22 bits per heavy atom. The van der Waals surface area contributed by atoms with Gasteiger partial charge in [-0.15, -0.1) is 0 Å². The van der Waals surface area contributed by atoms with Crippen molar-refractivity contribution in [2.75, 3.05) is 13.1 Å². The molecule has 0 atom stereocenters. The van der Waals surface area contributed by atoms with Crippen molar-refractivity contribution in [1.82, 2.24) is 10.2 Å². The maximum absolute atomic E-state index is 3.78. The summed E-state index contributed by atoms with van der Waals surface area (Å²) in [6, 6.07) is 0.847. The molecule has 0 bridgehead atoms. The van der Waals surface area contributed by atoms with Crippen LogP contribution in [-0.2, 0) is 0 Å². The Morgan fingerprint density at radius 1 is 1.06 bits per heavy atom. The highest BCUT2D eigenvalue weighted by atomic mass is 15.3. The summed E-state index contributed by atoms with van der Waals surface area (Å²) in [6.07, 6.45) is 9.76. The van der Waals surface area contributed by atoms with E-state index >= 15 is 0 Å². The molecule has 1 saturated carbocycles. The molecular weight excluding hydrogens is 220 g/mol. The van der Waals surface area contributed by atoms with Crippen molar-refractivity contribution < 1.29 is 0 Å². The first-order chi connectivity index (χ1) is 8.53. The van der Waals surface area contributed by atoms with Gasteiger partial charge in [-0.1, -0.05) is 33.1 Å². The topological polar surface area (TPSA) is 15.3 Å². The van der Waals surface area contributed by atoms with Gasteiger partial charge >= 0.3 is 0 Å². The van der Waals surface area contributed by atoms with E-state index in [1.54, 1.807) is 0 Å². The van der Waals surface area contributed by atoms with Crippen molar-refractivity contribution in [2.24, 2.45) is 0 Å². The van der Waals surface area contributed by atoms with E-state index in [9.17, 15) is 0 Å². The molecule has 2 nitrogen and oxygen atoms in total. The molecule has 0 spiro atoms. The van der Waals surface area contributed by atoms with Gasteiger partial charge in [-0.25, -0.2) is 0 Å². The Bertz CT molecular complexity index is 262. The second-order valence-corrected chi connectivity index (χ2v) is 7.09. The fourth-order valence-electron chi connectivity index (χ4n) is 3.97. The normalized spacial score (nSPS) is 29.3. The number of nitrogens with one attached hydrogen (secondary N) is 1. The molecule has 0 amide bonds. The number of hydrogen-bond donors (Lipinski definition) is 1. The van der Waals surface area contributed by atoms with Crippen LogP contribution in [-0.4, -0.2) is 35.1 Å². The lowest BCUT2D eigenvalue weighted by atomic mass is 9.80. The number of nitrogens with zero attached hydrogens (tertiary/aromatic N) is 1. The lowest BCUT2D eigenvalue weighted by Crippen LogP contribution is -2.70. The van der Waals surface area contributed by atoms with Crippen LogP contribution in [0.4, 0.5) is 0 Å². The van der Waals surface area contributed by atoms with Crippen LogP contribution in [0.3, 0.4) is 0 Å². The Balaban J connectivity index is 2.18. The molecule has 2 heteroatoms. The predicted octanol–water partition coefficient (Wildman–Crippen LogP) is 3.56. The third-order valence-electron chi connectivity index (χ3n) is 5.40. The second kappa shape index (κ2) is 5.50. The van der Waals surface area contributed by atoms with Crippen molar-refractivity contribution in [3.63, 3.8) is 0 Å². The van der Waals surface area contributed by atoms with Crippen LogP contribution in [0, 0.1) is 0 Å². The van der Waals surface area contributed by atoms with E-state index in [-0.39, 0.29) is 5.54 Å². The van der Waals surface area contributed by atoms with E-state index in [0.29, 0.717) is 5.54 Å². The number of hydrogen-bond acceptors (Lipinski definition) is 2. The SMILES string of the molecule is CCC1(CC)CNC(C)(C)CN1C1CCCCC1. The maximum atomic E-state index is 3.78.